The molecule has 1 aromatic heterocycles. The summed E-state index contributed by atoms with van der Waals surface area (Å²) in [5, 5.41) is 0.572. The van der Waals surface area contributed by atoms with Gasteiger partial charge in [-0.25, -0.2) is 4.98 Å². The van der Waals surface area contributed by atoms with Gasteiger partial charge in [-0.1, -0.05) is 52.0 Å². The van der Waals surface area contributed by atoms with Crippen LogP contribution in [0, 0.1) is 11.3 Å². The van der Waals surface area contributed by atoms with Crippen LogP contribution in [0.5, 0.6) is 5.75 Å². The SMILES string of the molecule is COc1ccccc1-n1c(C(C)N2CCN(C(=O)CC(C)CC(C)(C)C)C(C)C2)nc2ccccc2c1=O. The van der Waals surface area contributed by atoms with Crippen molar-refractivity contribution in [3.8, 4) is 11.4 Å². The maximum absolute atomic E-state index is 13.8. The summed E-state index contributed by atoms with van der Waals surface area (Å²) in [6.07, 6.45) is 1.61. The van der Waals surface area contributed by atoms with Crippen molar-refractivity contribution in [1.82, 2.24) is 19.4 Å². The zero-order chi connectivity index (χ0) is 27.6. The topological polar surface area (TPSA) is 67.7 Å². The molecule has 1 aliphatic rings. The van der Waals surface area contributed by atoms with Crippen molar-refractivity contribution >= 4 is 16.8 Å². The number of fused-ring (bicyclic) bond motifs is 1. The molecule has 7 nitrogen and oxygen atoms in total. The standard InChI is InChI=1S/C31H42N4O3/c1-21(19-31(4,5)6)18-28(36)34-17-16-33(20-22(34)2)23(3)29-32-25-13-9-8-12-24(25)30(37)35(29)26-14-10-11-15-27(26)38-7/h8-15,21-23H,16-20H2,1-7H3. The fourth-order valence-corrected chi connectivity index (χ4v) is 5.88. The Labute approximate surface area is 226 Å². The molecule has 0 aliphatic carbocycles. The molecule has 2 heterocycles. The summed E-state index contributed by atoms with van der Waals surface area (Å²) in [4.78, 5) is 36.4. The molecule has 0 bridgehead atoms. The smallest absolute Gasteiger partial charge is 0.266 e. The number of carbonyl (C=O) groups excluding carboxylic acids is 1. The van der Waals surface area contributed by atoms with Gasteiger partial charge in [-0.15, -0.1) is 0 Å². The highest BCUT2D eigenvalue weighted by Crippen LogP contribution is 2.30. The molecule has 4 rings (SSSR count). The van der Waals surface area contributed by atoms with E-state index in [-0.39, 0.29) is 29.0 Å². The van der Waals surface area contributed by atoms with Crippen molar-refractivity contribution < 1.29 is 9.53 Å². The molecule has 2 aromatic carbocycles. The molecule has 38 heavy (non-hydrogen) atoms. The van der Waals surface area contributed by atoms with Crippen molar-refractivity contribution in [1.29, 1.82) is 0 Å². The Hall–Kier alpha value is -3.19. The van der Waals surface area contributed by atoms with Crippen molar-refractivity contribution in [2.75, 3.05) is 26.7 Å². The lowest BCUT2D eigenvalue weighted by molar-refractivity contribution is -0.137. The van der Waals surface area contributed by atoms with E-state index < -0.39 is 0 Å². The lowest BCUT2D eigenvalue weighted by atomic mass is 9.84. The van der Waals surface area contributed by atoms with E-state index in [1.54, 1.807) is 11.7 Å². The lowest BCUT2D eigenvalue weighted by Crippen LogP contribution is -2.55. The number of benzene rings is 2. The molecule has 0 radical (unpaired) electrons. The minimum Gasteiger partial charge on any atom is -0.495 e. The van der Waals surface area contributed by atoms with Gasteiger partial charge >= 0.3 is 0 Å². The molecular weight excluding hydrogens is 476 g/mol. The molecule has 0 saturated carbocycles. The van der Waals surface area contributed by atoms with E-state index >= 15 is 0 Å². The van der Waals surface area contributed by atoms with E-state index in [9.17, 15) is 9.59 Å². The van der Waals surface area contributed by atoms with Crippen LogP contribution < -0.4 is 10.3 Å². The zero-order valence-electron chi connectivity index (χ0n) is 23.9. The van der Waals surface area contributed by atoms with Gasteiger partial charge in [0.25, 0.3) is 5.56 Å². The van der Waals surface area contributed by atoms with Crippen LogP contribution in [0.15, 0.2) is 53.3 Å². The molecule has 1 fully saturated rings. The Morgan fingerprint density at radius 3 is 2.45 bits per heavy atom. The predicted octanol–water partition coefficient (Wildman–Crippen LogP) is 5.45. The molecule has 3 aromatic rings. The second kappa shape index (κ2) is 11.3. The van der Waals surface area contributed by atoms with Crippen molar-refractivity contribution in [2.24, 2.45) is 11.3 Å². The fourth-order valence-electron chi connectivity index (χ4n) is 5.88. The van der Waals surface area contributed by atoms with Crippen LogP contribution in [0.3, 0.4) is 0 Å². The largest absolute Gasteiger partial charge is 0.495 e. The van der Waals surface area contributed by atoms with E-state index in [1.807, 2.05) is 53.4 Å². The fraction of sp³-hybridized carbons (Fsp3) is 0.516. The highest BCUT2D eigenvalue weighted by atomic mass is 16.5. The molecule has 204 valence electrons. The number of carbonyl (C=O) groups is 1. The molecule has 1 amide bonds. The molecule has 0 spiro atoms. The van der Waals surface area contributed by atoms with E-state index in [0.717, 1.165) is 19.5 Å². The monoisotopic (exact) mass is 518 g/mol. The zero-order valence-corrected chi connectivity index (χ0v) is 23.9. The molecular formula is C31H42N4O3. The van der Waals surface area contributed by atoms with Gasteiger partial charge < -0.3 is 9.64 Å². The summed E-state index contributed by atoms with van der Waals surface area (Å²) in [6.45, 7) is 15.2. The van der Waals surface area contributed by atoms with Crippen LogP contribution in [-0.4, -0.2) is 58.0 Å². The number of hydrogen-bond donors (Lipinski definition) is 0. The quantitative estimate of drug-likeness (QED) is 0.416. The molecule has 7 heteroatoms. The Bertz CT molecular complexity index is 1340. The van der Waals surface area contributed by atoms with Crippen LogP contribution >= 0.6 is 0 Å². The number of amides is 1. The van der Waals surface area contributed by atoms with Gasteiger partial charge in [-0.2, -0.15) is 0 Å². The van der Waals surface area contributed by atoms with Gasteiger partial charge in [0.2, 0.25) is 5.91 Å². The van der Waals surface area contributed by atoms with E-state index in [4.69, 9.17) is 9.72 Å². The third-order valence-corrected chi connectivity index (χ3v) is 7.51. The van der Waals surface area contributed by atoms with E-state index in [2.05, 4.69) is 46.4 Å². The third kappa shape index (κ3) is 5.93. The number of ether oxygens (including phenoxy) is 1. The highest BCUT2D eigenvalue weighted by Gasteiger charge is 2.33. The van der Waals surface area contributed by atoms with Gasteiger partial charge in [0.1, 0.15) is 11.6 Å². The molecule has 3 unspecified atom stereocenters. The second-order valence-electron chi connectivity index (χ2n) is 12.0. The van der Waals surface area contributed by atoms with Gasteiger partial charge in [-0.05, 0) is 55.9 Å². The average Bonchev–Trinajstić information content (AvgIpc) is 2.87. The number of rotatable bonds is 7. The normalized spacial score (nSPS) is 18.4. The Morgan fingerprint density at radius 1 is 1.08 bits per heavy atom. The van der Waals surface area contributed by atoms with Crippen LogP contribution in [0.2, 0.25) is 0 Å². The number of para-hydroxylation sites is 3. The summed E-state index contributed by atoms with van der Waals surface area (Å²) in [7, 11) is 1.61. The van der Waals surface area contributed by atoms with E-state index in [1.165, 1.54) is 0 Å². The Morgan fingerprint density at radius 2 is 1.76 bits per heavy atom. The van der Waals surface area contributed by atoms with Crippen LogP contribution in [-0.2, 0) is 4.79 Å². The first-order chi connectivity index (χ1) is 18.0. The maximum atomic E-state index is 13.8. The number of methoxy groups -OCH3 is 1. The Balaban J connectivity index is 1.62. The number of hydrogen-bond acceptors (Lipinski definition) is 5. The van der Waals surface area contributed by atoms with Crippen LogP contribution in [0.25, 0.3) is 16.6 Å². The maximum Gasteiger partial charge on any atom is 0.266 e. The Kier molecular flexibility index (Phi) is 8.26. The van der Waals surface area contributed by atoms with Crippen molar-refractivity contribution in [2.45, 2.75) is 66.5 Å². The van der Waals surface area contributed by atoms with Crippen LogP contribution in [0.4, 0.5) is 0 Å². The van der Waals surface area contributed by atoms with Gasteiger partial charge in [-0.3, -0.25) is 19.1 Å². The van der Waals surface area contributed by atoms with Crippen molar-refractivity contribution in [3.63, 3.8) is 0 Å². The van der Waals surface area contributed by atoms with Crippen molar-refractivity contribution in [3.05, 3.63) is 64.7 Å². The van der Waals surface area contributed by atoms with E-state index in [0.29, 0.717) is 47.0 Å². The summed E-state index contributed by atoms with van der Waals surface area (Å²) in [5.41, 5.74) is 1.45. The van der Waals surface area contributed by atoms with Gasteiger partial charge in [0, 0.05) is 32.1 Å². The molecule has 0 N–H and O–H groups in total. The molecule has 3 atom stereocenters. The predicted molar refractivity (Wildman–Crippen MR) is 153 cm³/mol. The summed E-state index contributed by atoms with van der Waals surface area (Å²) < 4.78 is 7.32. The summed E-state index contributed by atoms with van der Waals surface area (Å²) in [5.74, 6) is 1.87. The number of aromatic nitrogens is 2. The third-order valence-electron chi connectivity index (χ3n) is 7.51. The first-order valence-electron chi connectivity index (χ1n) is 13.7. The van der Waals surface area contributed by atoms with Gasteiger partial charge in [0.05, 0.1) is 29.7 Å². The molecule has 1 aliphatic heterocycles. The first kappa shape index (κ1) is 27.8. The average molecular weight is 519 g/mol. The minimum absolute atomic E-state index is 0.0763. The first-order valence-corrected chi connectivity index (χ1v) is 13.7. The summed E-state index contributed by atoms with van der Waals surface area (Å²) in [6, 6.07) is 15.0. The molecule has 1 saturated heterocycles. The van der Waals surface area contributed by atoms with Crippen LogP contribution in [0.1, 0.15) is 66.3 Å². The number of nitrogens with zero attached hydrogens (tertiary/aromatic N) is 4. The second-order valence-corrected chi connectivity index (χ2v) is 12.0. The highest BCUT2D eigenvalue weighted by molar-refractivity contribution is 5.78. The number of piperazine rings is 1. The summed E-state index contributed by atoms with van der Waals surface area (Å²) >= 11 is 0. The van der Waals surface area contributed by atoms with Gasteiger partial charge in [0.15, 0.2) is 0 Å². The lowest BCUT2D eigenvalue weighted by Gasteiger charge is -2.43. The minimum atomic E-state index is -0.142.